The third kappa shape index (κ3) is 2.90. The van der Waals surface area contributed by atoms with Crippen LogP contribution in [0.5, 0.6) is 0 Å². The Labute approximate surface area is 93.0 Å². The van der Waals surface area contributed by atoms with Crippen molar-refractivity contribution in [1.82, 2.24) is 0 Å². The molecule has 78 valence electrons. The smallest absolute Gasteiger partial charge is 0.0991 e. The summed E-state index contributed by atoms with van der Waals surface area (Å²) in [4.78, 5) is 0. The molecule has 3 heteroatoms. The third-order valence-electron chi connectivity index (χ3n) is 2.49. The van der Waals surface area contributed by atoms with Gasteiger partial charge in [0.25, 0.3) is 0 Å². The van der Waals surface area contributed by atoms with Crippen LogP contribution >= 0.6 is 0 Å². The lowest BCUT2D eigenvalue weighted by molar-refractivity contribution is 0.760. The van der Waals surface area contributed by atoms with Crippen molar-refractivity contribution in [3.8, 4) is 6.07 Å². The summed E-state index contributed by atoms with van der Waals surface area (Å²) in [6, 6.07) is 9.69. The standard InChI is InChI=1S/C12H14N2S/c13-10-11-4-6-12(7-5-11)14-15-8-2-1-3-9-15/h4-7H,1-3,8-9H2. The van der Waals surface area contributed by atoms with Gasteiger partial charge in [-0.25, -0.2) is 4.36 Å². The van der Waals surface area contributed by atoms with Crippen LogP contribution in [0.25, 0.3) is 0 Å². The monoisotopic (exact) mass is 218 g/mol. The summed E-state index contributed by atoms with van der Waals surface area (Å²) in [6.45, 7) is 0. The van der Waals surface area contributed by atoms with E-state index in [-0.39, 0.29) is 10.7 Å². The molecule has 1 aliphatic heterocycles. The lowest BCUT2D eigenvalue weighted by Gasteiger charge is -2.13. The molecule has 2 nitrogen and oxygen atoms in total. The first-order chi connectivity index (χ1) is 7.38. The lowest BCUT2D eigenvalue weighted by atomic mass is 10.2. The molecule has 0 saturated carbocycles. The zero-order valence-corrected chi connectivity index (χ0v) is 9.46. The maximum absolute atomic E-state index is 8.67. The first kappa shape index (κ1) is 10.4. The van der Waals surface area contributed by atoms with Crippen molar-refractivity contribution in [2.75, 3.05) is 11.5 Å². The van der Waals surface area contributed by atoms with Crippen molar-refractivity contribution in [2.24, 2.45) is 4.36 Å². The Bertz CT molecular complexity index is 393. The molecule has 0 N–H and O–H groups in total. The predicted molar refractivity (Wildman–Crippen MR) is 64.2 cm³/mol. The molecule has 2 rings (SSSR count). The highest BCUT2D eigenvalue weighted by atomic mass is 32.2. The molecule has 1 fully saturated rings. The lowest BCUT2D eigenvalue weighted by Crippen LogP contribution is -2.08. The molecule has 0 radical (unpaired) electrons. The molecule has 0 amide bonds. The second-order valence-corrected chi connectivity index (χ2v) is 5.60. The van der Waals surface area contributed by atoms with Crippen LogP contribution in [-0.2, 0) is 10.7 Å². The van der Waals surface area contributed by atoms with Gasteiger partial charge < -0.3 is 0 Å². The molecule has 1 aliphatic rings. The molecule has 0 bridgehead atoms. The summed E-state index contributed by atoms with van der Waals surface area (Å²) >= 11 is 0. The van der Waals surface area contributed by atoms with E-state index in [2.05, 4.69) is 6.07 Å². The molecule has 0 atom stereocenters. The second-order valence-electron chi connectivity index (χ2n) is 3.68. The molecule has 1 heterocycles. The van der Waals surface area contributed by atoms with E-state index in [1.165, 1.54) is 30.8 Å². The van der Waals surface area contributed by atoms with Crippen molar-refractivity contribution in [3.05, 3.63) is 29.8 Å². The number of nitriles is 1. The number of nitrogens with zero attached hydrogens (tertiary/aromatic N) is 2. The van der Waals surface area contributed by atoms with Crippen molar-refractivity contribution in [3.63, 3.8) is 0 Å². The van der Waals surface area contributed by atoms with Gasteiger partial charge in [0.15, 0.2) is 0 Å². The van der Waals surface area contributed by atoms with Crippen LogP contribution in [0.3, 0.4) is 0 Å². The van der Waals surface area contributed by atoms with Crippen molar-refractivity contribution >= 4 is 16.4 Å². The van der Waals surface area contributed by atoms with Gasteiger partial charge >= 0.3 is 0 Å². The third-order valence-corrected chi connectivity index (χ3v) is 4.48. The van der Waals surface area contributed by atoms with Gasteiger partial charge in [0.1, 0.15) is 0 Å². The zero-order chi connectivity index (χ0) is 10.5. The summed E-state index contributed by atoms with van der Waals surface area (Å²) < 4.78 is 4.71. The topological polar surface area (TPSA) is 36.1 Å². The van der Waals surface area contributed by atoms with Gasteiger partial charge in [0.05, 0.1) is 17.3 Å². The Morgan fingerprint density at radius 1 is 1.07 bits per heavy atom. The minimum Gasteiger partial charge on any atom is -0.228 e. The summed E-state index contributed by atoms with van der Waals surface area (Å²) in [6.07, 6.45) is 4.01. The maximum atomic E-state index is 8.67. The number of hydrogen-bond donors (Lipinski definition) is 0. The van der Waals surface area contributed by atoms with Gasteiger partial charge in [0.2, 0.25) is 0 Å². The van der Waals surface area contributed by atoms with Gasteiger partial charge in [-0.05, 0) is 37.1 Å². The van der Waals surface area contributed by atoms with E-state index in [4.69, 9.17) is 9.62 Å². The average Bonchev–Trinajstić information content (AvgIpc) is 2.31. The van der Waals surface area contributed by atoms with Crippen molar-refractivity contribution < 1.29 is 0 Å². The fourth-order valence-electron chi connectivity index (χ4n) is 1.65. The zero-order valence-electron chi connectivity index (χ0n) is 8.65. The predicted octanol–water partition coefficient (Wildman–Crippen LogP) is 3.18. The number of rotatable bonds is 1. The van der Waals surface area contributed by atoms with E-state index in [1.807, 2.05) is 24.3 Å². The normalized spacial score (nSPS) is 17.0. The van der Waals surface area contributed by atoms with Gasteiger partial charge in [-0.15, -0.1) is 0 Å². The molecule has 1 aromatic rings. The highest BCUT2D eigenvalue weighted by Gasteiger charge is 2.04. The molecule has 1 saturated heterocycles. The van der Waals surface area contributed by atoms with Crippen LogP contribution in [0, 0.1) is 11.3 Å². The van der Waals surface area contributed by atoms with Gasteiger partial charge in [0, 0.05) is 11.5 Å². The first-order valence-corrected chi connectivity index (χ1v) is 6.80. The number of hydrogen-bond acceptors (Lipinski definition) is 2. The van der Waals surface area contributed by atoms with Crippen LogP contribution in [0.2, 0.25) is 0 Å². The quantitative estimate of drug-likeness (QED) is 0.713. The van der Waals surface area contributed by atoms with Crippen molar-refractivity contribution in [2.45, 2.75) is 19.3 Å². The second kappa shape index (κ2) is 5.09. The van der Waals surface area contributed by atoms with Gasteiger partial charge in [-0.3, -0.25) is 0 Å². The van der Waals surface area contributed by atoms with Crippen LogP contribution in [0.4, 0.5) is 5.69 Å². The summed E-state index contributed by atoms with van der Waals surface area (Å²) in [5, 5.41) is 8.67. The fraction of sp³-hybridized carbons (Fsp3) is 0.417. The minimum atomic E-state index is 0.238. The summed E-state index contributed by atoms with van der Waals surface area (Å²) in [5.74, 6) is 2.50. The van der Waals surface area contributed by atoms with Gasteiger partial charge in [-0.1, -0.05) is 17.1 Å². The van der Waals surface area contributed by atoms with E-state index in [0.717, 1.165) is 5.69 Å². The molecule has 0 unspecified atom stereocenters. The Kier molecular flexibility index (Phi) is 3.52. The molecule has 1 aromatic carbocycles. The van der Waals surface area contributed by atoms with Gasteiger partial charge in [-0.2, -0.15) is 5.26 Å². The van der Waals surface area contributed by atoms with E-state index in [1.54, 1.807) is 0 Å². The Morgan fingerprint density at radius 3 is 2.33 bits per heavy atom. The number of benzene rings is 1. The maximum Gasteiger partial charge on any atom is 0.0991 e. The average molecular weight is 218 g/mol. The molecular weight excluding hydrogens is 204 g/mol. The van der Waals surface area contributed by atoms with E-state index >= 15 is 0 Å². The Morgan fingerprint density at radius 2 is 1.73 bits per heavy atom. The molecular formula is C12H14N2S. The molecule has 0 aromatic heterocycles. The van der Waals surface area contributed by atoms with Crippen molar-refractivity contribution in [1.29, 1.82) is 5.26 Å². The Balaban J connectivity index is 2.12. The first-order valence-electron chi connectivity index (χ1n) is 5.28. The van der Waals surface area contributed by atoms with Crippen LogP contribution in [0.15, 0.2) is 28.6 Å². The Hall–Kier alpha value is -1.14. The SMILES string of the molecule is N#Cc1ccc(N=S2CCCCC2)cc1. The molecule has 15 heavy (non-hydrogen) atoms. The largest absolute Gasteiger partial charge is 0.228 e. The van der Waals surface area contributed by atoms with Crippen LogP contribution in [0.1, 0.15) is 24.8 Å². The highest BCUT2D eigenvalue weighted by molar-refractivity contribution is 7.87. The highest BCUT2D eigenvalue weighted by Crippen LogP contribution is 2.18. The van der Waals surface area contributed by atoms with E-state index in [9.17, 15) is 0 Å². The minimum absolute atomic E-state index is 0.238. The fourth-order valence-corrected chi connectivity index (χ4v) is 3.53. The van der Waals surface area contributed by atoms with E-state index in [0.29, 0.717) is 5.56 Å². The molecule has 0 aliphatic carbocycles. The van der Waals surface area contributed by atoms with E-state index < -0.39 is 0 Å². The van der Waals surface area contributed by atoms with Crippen LogP contribution < -0.4 is 0 Å². The van der Waals surface area contributed by atoms with Crippen LogP contribution in [-0.4, -0.2) is 11.5 Å². The summed E-state index contributed by atoms with van der Waals surface area (Å²) in [7, 11) is 0.238. The molecule has 0 spiro atoms. The summed E-state index contributed by atoms with van der Waals surface area (Å²) in [5.41, 5.74) is 1.74.